The first kappa shape index (κ1) is 13.5. The molecule has 19 heavy (non-hydrogen) atoms. The van der Waals surface area contributed by atoms with Crippen LogP contribution in [0.15, 0.2) is 24.3 Å². The summed E-state index contributed by atoms with van der Waals surface area (Å²) in [6.45, 7) is 1.10. The number of non-ortho nitro benzene ring substituents is 1. The average Bonchev–Trinajstić information content (AvgIpc) is 3.13. The fourth-order valence-corrected chi connectivity index (χ4v) is 1.93. The van der Waals surface area contributed by atoms with Crippen LogP contribution in [-0.2, 0) is 11.3 Å². The predicted octanol–water partition coefficient (Wildman–Crippen LogP) is -0.112. The molecule has 2 rings (SSSR count). The van der Waals surface area contributed by atoms with E-state index in [1.807, 2.05) is 7.05 Å². The summed E-state index contributed by atoms with van der Waals surface area (Å²) in [6, 6.07) is 6.85. The first-order valence-electron chi connectivity index (χ1n) is 6.38. The molecule has 102 valence electrons. The van der Waals surface area contributed by atoms with Crippen molar-refractivity contribution in [3.8, 4) is 0 Å². The molecule has 0 spiro atoms. The Morgan fingerprint density at radius 1 is 1.42 bits per heavy atom. The van der Waals surface area contributed by atoms with Gasteiger partial charge in [-0.15, -0.1) is 0 Å². The lowest BCUT2D eigenvalue weighted by Gasteiger charge is -2.13. The zero-order valence-electron chi connectivity index (χ0n) is 10.9. The summed E-state index contributed by atoms with van der Waals surface area (Å²) in [5.41, 5.74) is 1.08. The first-order chi connectivity index (χ1) is 9.04. The lowest BCUT2D eigenvalue weighted by Crippen LogP contribution is -3.08. The van der Waals surface area contributed by atoms with Crippen molar-refractivity contribution in [2.75, 3.05) is 13.6 Å². The highest BCUT2D eigenvalue weighted by molar-refractivity contribution is 5.77. The largest absolute Gasteiger partial charge is 0.348 e. The van der Waals surface area contributed by atoms with Crippen molar-refractivity contribution in [3.05, 3.63) is 39.9 Å². The Balaban J connectivity index is 1.81. The molecule has 0 radical (unpaired) electrons. The maximum absolute atomic E-state index is 11.6. The highest BCUT2D eigenvalue weighted by Gasteiger charge is 2.24. The Hall–Kier alpha value is -1.95. The summed E-state index contributed by atoms with van der Waals surface area (Å²) in [6.07, 6.45) is 2.18. The number of amides is 1. The van der Waals surface area contributed by atoms with E-state index in [1.165, 1.54) is 12.1 Å². The van der Waals surface area contributed by atoms with Gasteiger partial charge in [0.05, 0.1) is 12.0 Å². The number of nitrogens with zero attached hydrogens (tertiary/aromatic N) is 1. The molecule has 1 aromatic rings. The number of nitrogens with one attached hydrogen (secondary N) is 2. The van der Waals surface area contributed by atoms with Gasteiger partial charge in [-0.25, -0.2) is 0 Å². The summed E-state index contributed by atoms with van der Waals surface area (Å²) in [4.78, 5) is 22.8. The molecule has 1 aliphatic carbocycles. The number of nitro groups is 1. The van der Waals surface area contributed by atoms with Crippen molar-refractivity contribution < 1.29 is 14.6 Å². The van der Waals surface area contributed by atoms with Crippen LogP contribution in [0.2, 0.25) is 0 Å². The van der Waals surface area contributed by atoms with E-state index in [0.29, 0.717) is 19.1 Å². The molecule has 1 aliphatic rings. The highest BCUT2D eigenvalue weighted by Crippen LogP contribution is 2.18. The van der Waals surface area contributed by atoms with E-state index < -0.39 is 4.92 Å². The minimum atomic E-state index is -0.413. The molecule has 6 heteroatoms. The van der Waals surface area contributed by atoms with Crippen molar-refractivity contribution in [1.29, 1.82) is 0 Å². The van der Waals surface area contributed by atoms with Crippen molar-refractivity contribution in [2.24, 2.45) is 0 Å². The van der Waals surface area contributed by atoms with Gasteiger partial charge in [0.2, 0.25) is 0 Å². The molecule has 6 nitrogen and oxygen atoms in total. The summed E-state index contributed by atoms with van der Waals surface area (Å²) in [5, 5.41) is 13.5. The number of hydrogen-bond donors (Lipinski definition) is 2. The van der Waals surface area contributed by atoms with Crippen molar-refractivity contribution in [3.63, 3.8) is 0 Å². The van der Waals surface area contributed by atoms with Gasteiger partial charge in [0.1, 0.15) is 6.54 Å². The van der Waals surface area contributed by atoms with Crippen LogP contribution in [0.4, 0.5) is 5.69 Å². The number of carbonyl (C=O) groups excluding carboxylic acids is 1. The number of carbonyl (C=O) groups is 1. The van der Waals surface area contributed by atoms with Crippen molar-refractivity contribution in [1.82, 2.24) is 5.32 Å². The van der Waals surface area contributed by atoms with Gasteiger partial charge in [0, 0.05) is 23.7 Å². The van der Waals surface area contributed by atoms with Crippen LogP contribution >= 0.6 is 0 Å². The molecule has 0 aromatic heterocycles. The SMILES string of the molecule is C[NH+](CC(=O)NC1CC1)Cc1ccc([N+](=O)[O-])cc1. The van der Waals surface area contributed by atoms with E-state index in [1.54, 1.807) is 12.1 Å². The number of quaternary nitrogens is 1. The van der Waals surface area contributed by atoms with Crippen LogP contribution in [0.25, 0.3) is 0 Å². The van der Waals surface area contributed by atoms with Crippen LogP contribution in [0.5, 0.6) is 0 Å². The van der Waals surface area contributed by atoms with Gasteiger partial charge in [-0.05, 0) is 25.0 Å². The molecule has 0 bridgehead atoms. The Morgan fingerprint density at radius 2 is 2.05 bits per heavy atom. The monoisotopic (exact) mass is 264 g/mol. The van der Waals surface area contributed by atoms with Crippen LogP contribution < -0.4 is 10.2 Å². The minimum absolute atomic E-state index is 0.0712. The van der Waals surface area contributed by atoms with Crippen molar-refractivity contribution in [2.45, 2.75) is 25.4 Å². The van der Waals surface area contributed by atoms with Crippen LogP contribution in [0, 0.1) is 10.1 Å². The molecule has 1 fully saturated rings. The van der Waals surface area contributed by atoms with E-state index in [2.05, 4.69) is 5.32 Å². The Kier molecular flexibility index (Phi) is 4.11. The molecule has 1 unspecified atom stereocenters. The van der Waals surface area contributed by atoms with Gasteiger partial charge >= 0.3 is 0 Å². The third kappa shape index (κ3) is 4.33. The quantitative estimate of drug-likeness (QED) is 0.556. The second kappa shape index (κ2) is 5.79. The third-order valence-corrected chi connectivity index (χ3v) is 3.06. The van der Waals surface area contributed by atoms with E-state index in [4.69, 9.17) is 0 Å². The topological polar surface area (TPSA) is 76.7 Å². The van der Waals surface area contributed by atoms with Gasteiger partial charge in [-0.2, -0.15) is 0 Å². The molecule has 2 N–H and O–H groups in total. The Labute approximate surface area is 111 Å². The minimum Gasteiger partial charge on any atom is -0.348 e. The predicted molar refractivity (Wildman–Crippen MR) is 69.7 cm³/mol. The highest BCUT2D eigenvalue weighted by atomic mass is 16.6. The third-order valence-electron chi connectivity index (χ3n) is 3.06. The number of rotatable bonds is 6. The number of likely N-dealkylation sites (N-methyl/N-ethyl adjacent to an activating group) is 1. The maximum Gasteiger partial charge on any atom is 0.275 e. The smallest absolute Gasteiger partial charge is 0.275 e. The molecular weight excluding hydrogens is 246 g/mol. The molecular formula is C13H18N3O3+. The molecule has 1 aromatic carbocycles. The molecule has 0 heterocycles. The first-order valence-corrected chi connectivity index (χ1v) is 6.38. The van der Waals surface area contributed by atoms with E-state index >= 15 is 0 Å². The Morgan fingerprint density at radius 3 is 2.58 bits per heavy atom. The second-order valence-corrected chi connectivity index (χ2v) is 5.08. The van der Waals surface area contributed by atoms with Gasteiger partial charge in [0.15, 0.2) is 6.54 Å². The number of nitro benzene ring substituents is 1. The average molecular weight is 264 g/mol. The maximum atomic E-state index is 11.6. The zero-order valence-corrected chi connectivity index (χ0v) is 10.9. The molecule has 0 saturated heterocycles. The van der Waals surface area contributed by atoms with Crippen molar-refractivity contribution >= 4 is 11.6 Å². The lowest BCUT2D eigenvalue weighted by molar-refractivity contribution is -0.885. The summed E-state index contributed by atoms with van der Waals surface area (Å²) in [5.74, 6) is 0.0712. The lowest BCUT2D eigenvalue weighted by atomic mass is 10.2. The summed E-state index contributed by atoms with van der Waals surface area (Å²) >= 11 is 0. The summed E-state index contributed by atoms with van der Waals surface area (Å²) in [7, 11) is 1.94. The van der Waals surface area contributed by atoms with E-state index in [0.717, 1.165) is 23.3 Å². The van der Waals surface area contributed by atoms with E-state index in [9.17, 15) is 14.9 Å². The van der Waals surface area contributed by atoms with Crippen LogP contribution in [0.3, 0.4) is 0 Å². The van der Waals surface area contributed by atoms with Crippen LogP contribution in [0.1, 0.15) is 18.4 Å². The van der Waals surface area contributed by atoms with Gasteiger partial charge in [-0.3, -0.25) is 14.9 Å². The summed E-state index contributed by atoms with van der Waals surface area (Å²) < 4.78 is 0. The standard InChI is InChI=1S/C13H17N3O3/c1-15(9-13(17)14-11-4-5-11)8-10-2-6-12(7-3-10)16(18)19/h2-3,6-7,11H,4-5,8-9H2,1H3,(H,14,17)/p+1. The van der Waals surface area contributed by atoms with Crippen LogP contribution in [-0.4, -0.2) is 30.5 Å². The van der Waals surface area contributed by atoms with Gasteiger partial charge in [0.25, 0.3) is 11.6 Å². The molecule has 0 aliphatic heterocycles. The number of benzene rings is 1. The number of hydrogen-bond acceptors (Lipinski definition) is 3. The zero-order chi connectivity index (χ0) is 13.8. The fraction of sp³-hybridized carbons (Fsp3) is 0.462. The molecule has 1 atom stereocenters. The molecule has 1 amide bonds. The Bertz CT molecular complexity index is 469. The second-order valence-electron chi connectivity index (χ2n) is 5.08. The van der Waals surface area contributed by atoms with Gasteiger partial charge in [-0.1, -0.05) is 0 Å². The normalized spacial score (nSPS) is 15.8. The molecule has 1 saturated carbocycles. The van der Waals surface area contributed by atoms with Gasteiger partial charge < -0.3 is 10.2 Å². The fourth-order valence-electron chi connectivity index (χ4n) is 1.93. The van der Waals surface area contributed by atoms with E-state index in [-0.39, 0.29) is 11.6 Å².